The summed E-state index contributed by atoms with van der Waals surface area (Å²) in [6, 6.07) is 5.42. The summed E-state index contributed by atoms with van der Waals surface area (Å²) < 4.78 is 16.4. The molecule has 0 N–H and O–H groups in total. The zero-order chi connectivity index (χ0) is 13.0. The molecule has 98 valence electrons. The van der Waals surface area contributed by atoms with E-state index in [0.717, 1.165) is 12.8 Å². The van der Waals surface area contributed by atoms with E-state index in [-0.39, 0.29) is 11.9 Å². The third-order valence-electron chi connectivity index (χ3n) is 3.02. The predicted octanol–water partition coefficient (Wildman–Crippen LogP) is 2.46. The number of Topliss-reactive ketones (excluding diaryl/α,β-unsaturated/α-hetero) is 1. The molecule has 18 heavy (non-hydrogen) atoms. The van der Waals surface area contributed by atoms with Crippen LogP contribution in [0.15, 0.2) is 18.2 Å². The zero-order valence-electron chi connectivity index (χ0n) is 10.8. The van der Waals surface area contributed by atoms with Crippen LogP contribution < -0.4 is 9.47 Å². The highest BCUT2D eigenvalue weighted by Gasteiger charge is 2.20. The Morgan fingerprint density at radius 3 is 2.56 bits per heavy atom. The molecule has 0 aromatic heterocycles. The second-order valence-electron chi connectivity index (χ2n) is 4.32. The van der Waals surface area contributed by atoms with E-state index in [1.807, 2.05) is 12.1 Å². The largest absolute Gasteiger partial charge is 0.496 e. The molecule has 2 rings (SSSR count). The molecule has 0 aliphatic carbocycles. The molecule has 0 bridgehead atoms. The topological polar surface area (TPSA) is 44.8 Å². The fourth-order valence-corrected chi connectivity index (χ4v) is 2.10. The van der Waals surface area contributed by atoms with Gasteiger partial charge in [-0.25, -0.2) is 0 Å². The number of carbonyl (C=O) groups excluding carboxylic acids is 1. The van der Waals surface area contributed by atoms with Gasteiger partial charge in [-0.05, 0) is 19.1 Å². The smallest absolute Gasteiger partial charge is 0.167 e. The van der Waals surface area contributed by atoms with Gasteiger partial charge in [0.25, 0.3) is 0 Å². The van der Waals surface area contributed by atoms with Crippen molar-refractivity contribution >= 4 is 5.78 Å². The number of benzene rings is 1. The molecule has 1 heterocycles. The van der Waals surface area contributed by atoms with Crippen LogP contribution in [0.25, 0.3) is 0 Å². The maximum Gasteiger partial charge on any atom is 0.167 e. The second kappa shape index (κ2) is 5.87. The highest BCUT2D eigenvalue weighted by Crippen LogP contribution is 2.30. The van der Waals surface area contributed by atoms with Gasteiger partial charge in [0.1, 0.15) is 23.2 Å². The Labute approximate surface area is 107 Å². The van der Waals surface area contributed by atoms with Gasteiger partial charge in [0.05, 0.1) is 20.3 Å². The first-order valence-corrected chi connectivity index (χ1v) is 6.14. The SMILES string of the molecule is COc1cccc(OC2CCOCC2)c1C(C)=O. The average molecular weight is 250 g/mol. The van der Waals surface area contributed by atoms with Gasteiger partial charge in [-0.15, -0.1) is 0 Å². The molecule has 0 unspecified atom stereocenters. The van der Waals surface area contributed by atoms with Crippen molar-refractivity contribution in [3.63, 3.8) is 0 Å². The molecular weight excluding hydrogens is 232 g/mol. The number of hydrogen-bond donors (Lipinski definition) is 0. The van der Waals surface area contributed by atoms with Gasteiger partial charge < -0.3 is 14.2 Å². The number of methoxy groups -OCH3 is 1. The molecule has 1 aliphatic rings. The summed E-state index contributed by atoms with van der Waals surface area (Å²) in [7, 11) is 1.56. The van der Waals surface area contributed by atoms with Crippen molar-refractivity contribution in [3.05, 3.63) is 23.8 Å². The minimum Gasteiger partial charge on any atom is -0.496 e. The number of ether oxygens (including phenoxy) is 3. The minimum atomic E-state index is -0.0468. The number of ketones is 1. The van der Waals surface area contributed by atoms with Crippen molar-refractivity contribution in [3.8, 4) is 11.5 Å². The Hall–Kier alpha value is -1.55. The fraction of sp³-hybridized carbons (Fsp3) is 0.500. The van der Waals surface area contributed by atoms with Crippen molar-refractivity contribution in [1.82, 2.24) is 0 Å². The van der Waals surface area contributed by atoms with Gasteiger partial charge in [0, 0.05) is 12.8 Å². The molecule has 1 aromatic rings. The lowest BCUT2D eigenvalue weighted by atomic mass is 10.1. The summed E-state index contributed by atoms with van der Waals surface area (Å²) in [6.45, 7) is 2.95. The molecule has 0 amide bonds. The molecule has 1 aromatic carbocycles. The second-order valence-corrected chi connectivity index (χ2v) is 4.32. The lowest BCUT2D eigenvalue weighted by Gasteiger charge is -2.24. The van der Waals surface area contributed by atoms with Gasteiger partial charge >= 0.3 is 0 Å². The van der Waals surface area contributed by atoms with Crippen molar-refractivity contribution in [2.24, 2.45) is 0 Å². The van der Waals surface area contributed by atoms with Gasteiger partial charge in [-0.1, -0.05) is 6.07 Å². The molecule has 1 aliphatic heterocycles. The quantitative estimate of drug-likeness (QED) is 0.770. The molecular formula is C14H18O4. The van der Waals surface area contributed by atoms with Crippen LogP contribution in [0.1, 0.15) is 30.1 Å². The predicted molar refractivity (Wildman–Crippen MR) is 67.5 cm³/mol. The van der Waals surface area contributed by atoms with Crippen molar-refractivity contribution in [1.29, 1.82) is 0 Å². The van der Waals surface area contributed by atoms with Crippen LogP contribution in [0, 0.1) is 0 Å². The van der Waals surface area contributed by atoms with Crippen LogP contribution in [0.4, 0.5) is 0 Å². The van der Waals surface area contributed by atoms with Crippen molar-refractivity contribution in [2.75, 3.05) is 20.3 Å². The monoisotopic (exact) mass is 250 g/mol. The maximum atomic E-state index is 11.7. The summed E-state index contributed by atoms with van der Waals surface area (Å²) >= 11 is 0. The van der Waals surface area contributed by atoms with E-state index in [2.05, 4.69) is 0 Å². The first kappa shape index (κ1) is 12.9. The molecule has 1 fully saturated rings. The molecule has 4 heteroatoms. The van der Waals surface area contributed by atoms with E-state index in [4.69, 9.17) is 14.2 Å². The van der Waals surface area contributed by atoms with E-state index in [9.17, 15) is 4.79 Å². The highest BCUT2D eigenvalue weighted by atomic mass is 16.5. The average Bonchev–Trinajstić information content (AvgIpc) is 2.39. The van der Waals surface area contributed by atoms with Crippen LogP contribution in [0.3, 0.4) is 0 Å². The lowest BCUT2D eigenvalue weighted by Crippen LogP contribution is -2.26. The summed E-state index contributed by atoms with van der Waals surface area (Å²) in [5, 5.41) is 0. The standard InChI is InChI=1S/C14H18O4/c1-10(15)14-12(16-2)4-3-5-13(14)18-11-6-8-17-9-7-11/h3-5,11H,6-9H2,1-2H3. The normalized spacial score (nSPS) is 16.3. The Bertz CT molecular complexity index is 422. The Morgan fingerprint density at radius 2 is 1.94 bits per heavy atom. The van der Waals surface area contributed by atoms with Crippen molar-refractivity contribution in [2.45, 2.75) is 25.9 Å². The number of hydrogen-bond acceptors (Lipinski definition) is 4. The fourth-order valence-electron chi connectivity index (χ4n) is 2.10. The third kappa shape index (κ3) is 2.82. The first-order chi connectivity index (χ1) is 8.72. The van der Waals surface area contributed by atoms with Gasteiger partial charge in [-0.3, -0.25) is 4.79 Å². The zero-order valence-corrected chi connectivity index (χ0v) is 10.8. The van der Waals surface area contributed by atoms with Crippen LogP contribution in [-0.2, 0) is 4.74 Å². The Kier molecular flexibility index (Phi) is 4.20. The Balaban J connectivity index is 2.23. The van der Waals surface area contributed by atoms with Crippen molar-refractivity contribution < 1.29 is 19.0 Å². The third-order valence-corrected chi connectivity index (χ3v) is 3.02. The maximum absolute atomic E-state index is 11.7. The molecule has 0 spiro atoms. The van der Waals surface area contributed by atoms with Crippen LogP contribution in [0.2, 0.25) is 0 Å². The van der Waals surface area contributed by atoms with Crippen LogP contribution >= 0.6 is 0 Å². The molecule has 0 radical (unpaired) electrons. The molecule has 0 saturated carbocycles. The minimum absolute atomic E-state index is 0.0468. The molecule has 4 nitrogen and oxygen atoms in total. The Morgan fingerprint density at radius 1 is 1.28 bits per heavy atom. The van der Waals surface area contributed by atoms with E-state index < -0.39 is 0 Å². The van der Waals surface area contributed by atoms with E-state index in [1.165, 1.54) is 6.92 Å². The van der Waals surface area contributed by atoms with Gasteiger partial charge in [0.15, 0.2) is 5.78 Å². The molecule has 1 saturated heterocycles. The van der Waals surface area contributed by atoms with Gasteiger partial charge in [-0.2, -0.15) is 0 Å². The summed E-state index contributed by atoms with van der Waals surface area (Å²) in [6.07, 6.45) is 1.83. The van der Waals surface area contributed by atoms with E-state index in [0.29, 0.717) is 30.3 Å². The first-order valence-electron chi connectivity index (χ1n) is 6.14. The summed E-state index contributed by atoms with van der Waals surface area (Å²) in [5.41, 5.74) is 0.520. The number of carbonyl (C=O) groups is 1. The van der Waals surface area contributed by atoms with Crippen LogP contribution in [-0.4, -0.2) is 32.2 Å². The van der Waals surface area contributed by atoms with E-state index >= 15 is 0 Å². The molecule has 0 atom stereocenters. The summed E-state index contributed by atoms with van der Waals surface area (Å²) in [4.78, 5) is 11.7. The summed E-state index contributed by atoms with van der Waals surface area (Å²) in [5.74, 6) is 1.12. The highest BCUT2D eigenvalue weighted by molar-refractivity contribution is 5.99. The lowest BCUT2D eigenvalue weighted by molar-refractivity contribution is 0.0252. The van der Waals surface area contributed by atoms with E-state index in [1.54, 1.807) is 13.2 Å². The van der Waals surface area contributed by atoms with Gasteiger partial charge in [0.2, 0.25) is 0 Å². The van der Waals surface area contributed by atoms with Crippen LogP contribution in [0.5, 0.6) is 11.5 Å². The number of rotatable bonds is 4.